The zero-order valence-electron chi connectivity index (χ0n) is 21.6. The van der Waals surface area contributed by atoms with E-state index in [9.17, 15) is 19.2 Å². The fourth-order valence-corrected chi connectivity index (χ4v) is 6.02. The minimum atomic E-state index is -0.753. The normalized spacial score (nSPS) is 14.8. The molecule has 1 unspecified atom stereocenters. The second kappa shape index (κ2) is 12.2. The Morgan fingerprint density at radius 2 is 1.93 bits per heavy atom. The number of ketones is 1. The first-order valence-corrected chi connectivity index (χ1v) is 14.0. The first-order chi connectivity index (χ1) is 19.7. The molecule has 5 rings (SSSR count). The van der Waals surface area contributed by atoms with Gasteiger partial charge in [-0.1, -0.05) is 35.3 Å². The number of carbonyl (C=O) groups excluding carboxylic acids is 4. The summed E-state index contributed by atoms with van der Waals surface area (Å²) in [6.45, 7) is 0.0786. The largest absolute Gasteiger partial charge is 0.465 e. The summed E-state index contributed by atoms with van der Waals surface area (Å²) in [5.41, 5.74) is 2.36. The topological polar surface area (TPSA) is 119 Å². The van der Waals surface area contributed by atoms with Crippen LogP contribution in [0.4, 0.5) is 5.82 Å². The average Bonchev–Trinajstić information content (AvgIpc) is 3.31. The van der Waals surface area contributed by atoms with Gasteiger partial charge in [0.1, 0.15) is 5.82 Å². The van der Waals surface area contributed by atoms with Crippen molar-refractivity contribution in [1.82, 2.24) is 14.9 Å². The Balaban J connectivity index is 1.38. The number of hydrogen-bond donors (Lipinski definition) is 1. The van der Waals surface area contributed by atoms with Crippen LogP contribution in [-0.4, -0.2) is 51.6 Å². The molecule has 0 aliphatic carbocycles. The van der Waals surface area contributed by atoms with E-state index in [1.165, 1.54) is 30.3 Å². The van der Waals surface area contributed by atoms with Crippen molar-refractivity contribution in [3.63, 3.8) is 0 Å². The Labute approximate surface area is 249 Å². The highest BCUT2D eigenvalue weighted by Crippen LogP contribution is 2.33. The number of rotatable bonds is 7. The molecular formula is C29H22Cl2N4O5S. The second-order valence-electron chi connectivity index (χ2n) is 9.21. The summed E-state index contributed by atoms with van der Waals surface area (Å²) >= 11 is 13.8. The van der Waals surface area contributed by atoms with Crippen LogP contribution in [0.25, 0.3) is 0 Å². The van der Waals surface area contributed by atoms with Crippen LogP contribution < -0.4 is 5.32 Å². The zero-order valence-corrected chi connectivity index (χ0v) is 23.9. The van der Waals surface area contributed by atoms with E-state index in [1.807, 2.05) is 12.1 Å². The van der Waals surface area contributed by atoms with Gasteiger partial charge in [0, 0.05) is 37.5 Å². The highest BCUT2D eigenvalue weighted by atomic mass is 35.5. The minimum Gasteiger partial charge on any atom is -0.465 e. The molecule has 1 aromatic carbocycles. The molecule has 0 bridgehead atoms. The van der Waals surface area contributed by atoms with Crippen LogP contribution in [-0.2, 0) is 28.9 Å². The third-order valence-corrected chi connectivity index (χ3v) is 8.14. The van der Waals surface area contributed by atoms with Crippen molar-refractivity contribution in [3.05, 3.63) is 109 Å². The van der Waals surface area contributed by atoms with E-state index in [2.05, 4.69) is 20.0 Å². The van der Waals surface area contributed by atoms with Crippen LogP contribution >= 0.6 is 34.5 Å². The number of carbonyl (C=O) groups is 4. The van der Waals surface area contributed by atoms with Gasteiger partial charge in [-0.2, -0.15) is 0 Å². The van der Waals surface area contributed by atoms with Gasteiger partial charge in [-0.3, -0.25) is 19.4 Å². The predicted octanol–water partition coefficient (Wildman–Crippen LogP) is 5.26. The molecule has 3 aromatic heterocycles. The molecule has 1 aliphatic heterocycles. The number of benzene rings is 1. The van der Waals surface area contributed by atoms with E-state index in [-0.39, 0.29) is 53.0 Å². The minimum absolute atomic E-state index is 0.0786. The number of ether oxygens (including phenoxy) is 1. The number of anilines is 1. The van der Waals surface area contributed by atoms with E-state index in [4.69, 9.17) is 23.2 Å². The Hall–Kier alpha value is -4.12. The number of methoxy groups -OCH3 is 1. The number of nitrogens with zero attached hydrogens (tertiary/aromatic N) is 3. The van der Waals surface area contributed by atoms with Crippen LogP contribution in [0.3, 0.4) is 0 Å². The SMILES string of the molecule is COC(=O)c1ccc(NC(=O)c2ccc(CN3C(=O)c4sc(Cl)cc4CC(=O)C3Cc3ccccn3)cc2Cl)nc1. The molecule has 4 aromatic rings. The number of pyridine rings is 2. The van der Waals surface area contributed by atoms with Crippen molar-refractivity contribution in [2.24, 2.45) is 0 Å². The van der Waals surface area contributed by atoms with Crippen molar-refractivity contribution >= 4 is 63.9 Å². The number of esters is 1. The first-order valence-electron chi connectivity index (χ1n) is 12.4. The average molecular weight is 609 g/mol. The lowest BCUT2D eigenvalue weighted by Gasteiger charge is -2.29. The number of hydrogen-bond acceptors (Lipinski definition) is 8. The lowest BCUT2D eigenvalue weighted by Crippen LogP contribution is -2.44. The van der Waals surface area contributed by atoms with Crippen molar-refractivity contribution in [2.45, 2.75) is 25.4 Å². The van der Waals surface area contributed by atoms with Crippen LogP contribution in [0.2, 0.25) is 9.36 Å². The standard InChI is InChI=1S/C29H22Cl2N4O5S/c1-40-29(39)17-6-8-25(33-14-17)34-27(37)20-7-5-16(10-21(20)30)15-35-22(13-19-4-2-3-9-32-19)23(36)11-18-12-24(31)41-26(18)28(35)38/h2-10,12,14,22H,11,13,15H2,1H3,(H,33,34,37). The highest BCUT2D eigenvalue weighted by molar-refractivity contribution is 7.18. The molecule has 41 heavy (non-hydrogen) atoms. The van der Waals surface area contributed by atoms with Crippen molar-refractivity contribution < 1.29 is 23.9 Å². The summed E-state index contributed by atoms with van der Waals surface area (Å²) in [6, 6.07) is 14.1. The summed E-state index contributed by atoms with van der Waals surface area (Å²) in [7, 11) is 1.26. The van der Waals surface area contributed by atoms with Gasteiger partial charge in [0.2, 0.25) is 0 Å². The molecule has 0 fully saturated rings. The molecule has 1 aliphatic rings. The molecule has 0 saturated carbocycles. The van der Waals surface area contributed by atoms with Crippen molar-refractivity contribution in [3.8, 4) is 0 Å². The summed E-state index contributed by atoms with van der Waals surface area (Å²) in [5, 5.41) is 2.79. The maximum Gasteiger partial charge on any atom is 0.339 e. The number of Topliss-reactive ketones (excluding diaryl/α,β-unsaturated/α-hetero) is 1. The summed E-state index contributed by atoms with van der Waals surface area (Å²) < 4.78 is 5.08. The van der Waals surface area contributed by atoms with E-state index in [1.54, 1.807) is 36.5 Å². The lowest BCUT2D eigenvalue weighted by molar-refractivity contribution is -0.122. The van der Waals surface area contributed by atoms with Gasteiger partial charge in [-0.05, 0) is 53.6 Å². The Morgan fingerprint density at radius 1 is 1.10 bits per heavy atom. The third-order valence-electron chi connectivity index (χ3n) is 6.53. The van der Waals surface area contributed by atoms with Crippen LogP contribution in [0.1, 0.15) is 47.2 Å². The molecule has 208 valence electrons. The van der Waals surface area contributed by atoms with E-state index >= 15 is 0 Å². The Kier molecular flexibility index (Phi) is 8.44. The maximum absolute atomic E-state index is 13.7. The number of thiophene rings is 1. The number of halogens is 2. The Bertz CT molecular complexity index is 1640. The number of nitrogens with one attached hydrogen (secondary N) is 1. The second-order valence-corrected chi connectivity index (χ2v) is 11.3. The lowest BCUT2D eigenvalue weighted by atomic mass is 10.0. The Morgan fingerprint density at radius 3 is 2.61 bits per heavy atom. The number of amides is 2. The third kappa shape index (κ3) is 6.30. The molecular weight excluding hydrogens is 587 g/mol. The number of aromatic nitrogens is 2. The van der Waals surface area contributed by atoms with Gasteiger partial charge < -0.3 is 15.0 Å². The molecule has 4 heterocycles. The number of fused-ring (bicyclic) bond motifs is 1. The van der Waals surface area contributed by atoms with Crippen LogP contribution in [0.15, 0.2) is 67.0 Å². The molecule has 1 N–H and O–H groups in total. The molecule has 12 heteroatoms. The molecule has 1 atom stereocenters. The molecule has 9 nitrogen and oxygen atoms in total. The van der Waals surface area contributed by atoms with Gasteiger partial charge >= 0.3 is 5.97 Å². The summed E-state index contributed by atoms with van der Waals surface area (Å²) in [5.74, 6) is -1.25. The molecule has 0 spiro atoms. The van der Waals surface area contributed by atoms with Gasteiger partial charge in [-0.25, -0.2) is 9.78 Å². The van der Waals surface area contributed by atoms with Crippen LogP contribution in [0.5, 0.6) is 0 Å². The van der Waals surface area contributed by atoms with Gasteiger partial charge in [0.05, 0.1) is 38.5 Å². The first kappa shape index (κ1) is 28.4. The monoisotopic (exact) mass is 608 g/mol. The predicted molar refractivity (Wildman–Crippen MR) is 155 cm³/mol. The quantitative estimate of drug-likeness (QED) is 0.284. The van der Waals surface area contributed by atoms with Gasteiger partial charge in [0.15, 0.2) is 5.78 Å². The summed E-state index contributed by atoms with van der Waals surface area (Å²) in [4.78, 5) is 62.0. The fourth-order valence-electron chi connectivity index (χ4n) is 4.51. The molecule has 0 radical (unpaired) electrons. The smallest absolute Gasteiger partial charge is 0.339 e. The maximum atomic E-state index is 13.7. The molecule has 2 amide bonds. The van der Waals surface area contributed by atoms with E-state index in [0.29, 0.717) is 26.0 Å². The van der Waals surface area contributed by atoms with Crippen molar-refractivity contribution in [2.75, 3.05) is 12.4 Å². The van der Waals surface area contributed by atoms with Gasteiger partial charge in [-0.15, -0.1) is 11.3 Å². The van der Waals surface area contributed by atoms with Crippen LogP contribution in [0, 0.1) is 0 Å². The highest BCUT2D eigenvalue weighted by Gasteiger charge is 2.37. The van der Waals surface area contributed by atoms with Crippen molar-refractivity contribution in [1.29, 1.82) is 0 Å². The zero-order chi connectivity index (χ0) is 29.1. The van der Waals surface area contributed by atoms with E-state index in [0.717, 1.165) is 11.3 Å². The van der Waals surface area contributed by atoms with Gasteiger partial charge in [0.25, 0.3) is 11.8 Å². The fraction of sp³-hybridized carbons (Fsp3) is 0.172. The van der Waals surface area contributed by atoms with E-state index < -0.39 is 17.9 Å². The molecule has 0 saturated heterocycles. The summed E-state index contributed by atoms with van der Waals surface area (Å²) in [6.07, 6.45) is 3.28.